The number of carbonyl (C=O) groups excluding carboxylic acids is 2. The molecule has 2 saturated heterocycles. The number of benzene rings is 1. The molecule has 1 aromatic carbocycles. The summed E-state index contributed by atoms with van der Waals surface area (Å²) >= 11 is 0. The van der Waals surface area contributed by atoms with Gasteiger partial charge >= 0.3 is 6.09 Å². The lowest BCUT2D eigenvalue weighted by molar-refractivity contribution is -0.125. The van der Waals surface area contributed by atoms with Crippen LogP contribution in [0.4, 0.5) is 16.3 Å². The molecule has 244 valence electrons. The van der Waals surface area contributed by atoms with E-state index in [2.05, 4.69) is 37.9 Å². The Labute approximate surface area is 273 Å². The fourth-order valence-electron chi connectivity index (χ4n) is 6.62. The molecule has 1 atom stereocenters. The number of alkyl carbamates (subject to hydrolysis) is 1. The van der Waals surface area contributed by atoms with Crippen molar-refractivity contribution in [1.82, 2.24) is 29.9 Å². The minimum atomic E-state index is -0.667. The lowest BCUT2D eigenvalue weighted by Gasteiger charge is -2.32. The SMILES string of the molecule is C=C(CN1CC[C@]2(CCN(c3ccc(N)c(C(=N)c4cnn(C)c4)n3)C2=O)C1)N1CC=C(c2ccc(C(=N)OC(=O)NC)cc2)CC1. The molecule has 0 aliphatic carbocycles. The second kappa shape index (κ2) is 12.8. The number of aromatic nitrogens is 3. The number of hydrogen-bond donors (Lipinski definition) is 4. The zero-order valence-electron chi connectivity index (χ0n) is 26.8. The van der Waals surface area contributed by atoms with Crippen LogP contribution in [-0.2, 0) is 16.6 Å². The van der Waals surface area contributed by atoms with Crippen LogP contribution in [0, 0.1) is 16.2 Å². The van der Waals surface area contributed by atoms with Gasteiger partial charge in [0.2, 0.25) is 11.8 Å². The van der Waals surface area contributed by atoms with Crippen molar-refractivity contribution in [3.05, 3.63) is 89.5 Å². The molecule has 5 N–H and O–H groups in total. The maximum atomic E-state index is 13.9. The first kappa shape index (κ1) is 31.7. The summed E-state index contributed by atoms with van der Waals surface area (Å²) in [6.45, 7) is 8.76. The van der Waals surface area contributed by atoms with Gasteiger partial charge in [0.05, 0.1) is 23.0 Å². The molecule has 47 heavy (non-hydrogen) atoms. The molecule has 3 aromatic rings. The molecule has 0 radical (unpaired) electrons. The molecule has 2 aromatic heterocycles. The largest absolute Gasteiger partial charge is 0.413 e. The second-order valence-electron chi connectivity index (χ2n) is 12.4. The smallest absolute Gasteiger partial charge is 0.397 e. The van der Waals surface area contributed by atoms with Crippen molar-refractivity contribution in [3.63, 3.8) is 0 Å². The third-order valence-corrected chi connectivity index (χ3v) is 9.34. The van der Waals surface area contributed by atoms with E-state index in [1.807, 2.05) is 12.1 Å². The van der Waals surface area contributed by atoms with E-state index in [0.29, 0.717) is 48.0 Å². The Balaban J connectivity index is 1.04. The van der Waals surface area contributed by atoms with Crippen LogP contribution in [0.5, 0.6) is 0 Å². The van der Waals surface area contributed by atoms with Crippen LogP contribution in [0.2, 0.25) is 0 Å². The highest BCUT2D eigenvalue weighted by atomic mass is 16.6. The van der Waals surface area contributed by atoms with E-state index in [9.17, 15) is 9.59 Å². The Morgan fingerprint density at radius 2 is 1.87 bits per heavy atom. The van der Waals surface area contributed by atoms with Gasteiger partial charge in [-0.15, -0.1) is 0 Å². The molecule has 13 nitrogen and oxygen atoms in total. The van der Waals surface area contributed by atoms with Crippen LogP contribution >= 0.6 is 0 Å². The average Bonchev–Trinajstić information content (AvgIpc) is 3.79. The number of hydrogen-bond acceptors (Lipinski definition) is 10. The van der Waals surface area contributed by atoms with Crippen molar-refractivity contribution in [2.24, 2.45) is 12.5 Å². The first-order valence-corrected chi connectivity index (χ1v) is 15.7. The minimum absolute atomic E-state index is 0.0774. The van der Waals surface area contributed by atoms with E-state index in [0.717, 1.165) is 50.2 Å². The average molecular weight is 637 g/mol. The van der Waals surface area contributed by atoms with Gasteiger partial charge in [0.1, 0.15) is 11.5 Å². The number of anilines is 2. The summed E-state index contributed by atoms with van der Waals surface area (Å²) in [6.07, 6.45) is 7.29. The van der Waals surface area contributed by atoms with E-state index in [1.54, 1.807) is 53.3 Å². The number of nitrogen functional groups attached to an aromatic ring is 1. The van der Waals surface area contributed by atoms with Gasteiger partial charge in [-0.3, -0.25) is 30.1 Å². The monoisotopic (exact) mass is 636 g/mol. The molecule has 0 unspecified atom stereocenters. The number of likely N-dealkylation sites (tertiary alicyclic amines) is 1. The topological polar surface area (TPSA) is 170 Å². The highest BCUT2D eigenvalue weighted by molar-refractivity contribution is 6.12. The van der Waals surface area contributed by atoms with E-state index >= 15 is 0 Å². The van der Waals surface area contributed by atoms with Gasteiger partial charge < -0.3 is 20.7 Å². The van der Waals surface area contributed by atoms with Gasteiger partial charge in [-0.1, -0.05) is 24.8 Å². The van der Waals surface area contributed by atoms with Crippen molar-refractivity contribution in [2.75, 3.05) is 56.9 Å². The molecule has 0 bridgehead atoms. The summed E-state index contributed by atoms with van der Waals surface area (Å²) in [5, 5.41) is 23.1. The molecule has 1 spiro atoms. The summed E-state index contributed by atoms with van der Waals surface area (Å²) in [7, 11) is 3.24. The fraction of sp³-hybridized carbons (Fsp3) is 0.353. The zero-order valence-corrected chi connectivity index (χ0v) is 26.8. The summed E-state index contributed by atoms with van der Waals surface area (Å²) in [6, 6.07) is 11.0. The summed E-state index contributed by atoms with van der Waals surface area (Å²) in [5.74, 6) is 0.406. The Bertz CT molecular complexity index is 1780. The standard InChI is InChI=1S/C34H40N10O3/c1-22(43-14-10-24(11-15-43)23-4-6-25(7-5-23)31(37)47-33(46)38-2)19-42-16-12-34(21-42)13-17-44(32(34)45)28-9-8-27(35)30(40-28)29(36)26-18-39-41(3)20-26/h4-10,18,20,36-37H,1,11-17,19,21,35H2,2-3H3,(H,38,46)/t34-/m0/s1. The van der Waals surface area contributed by atoms with Gasteiger partial charge in [0.15, 0.2) is 0 Å². The number of rotatable bonds is 8. The normalized spacial score (nSPS) is 19.6. The first-order valence-electron chi connectivity index (χ1n) is 15.7. The highest BCUT2D eigenvalue weighted by Gasteiger charge is 2.51. The fourth-order valence-corrected chi connectivity index (χ4v) is 6.62. The number of nitrogens with zero attached hydrogens (tertiary/aromatic N) is 6. The molecule has 3 aliphatic rings. The first-order chi connectivity index (χ1) is 22.6. The molecular formula is C34H40N10O3. The number of carbonyl (C=O) groups is 2. The number of nitrogens with two attached hydrogens (primary N) is 1. The predicted molar refractivity (Wildman–Crippen MR) is 180 cm³/mol. The Kier molecular flexibility index (Phi) is 8.65. The molecule has 5 heterocycles. The molecule has 6 rings (SSSR count). The molecule has 2 amide bonds. The van der Waals surface area contributed by atoms with Gasteiger partial charge in [-0.2, -0.15) is 5.10 Å². The number of amides is 2. The second-order valence-corrected chi connectivity index (χ2v) is 12.4. The maximum Gasteiger partial charge on any atom is 0.413 e. The minimum Gasteiger partial charge on any atom is -0.397 e. The van der Waals surface area contributed by atoms with Crippen LogP contribution in [0.25, 0.3) is 5.57 Å². The number of aryl methyl sites for hydroxylation is 1. The number of nitrogens with one attached hydrogen (secondary N) is 3. The summed E-state index contributed by atoms with van der Waals surface area (Å²) < 4.78 is 6.55. The molecule has 2 fully saturated rings. The van der Waals surface area contributed by atoms with E-state index in [4.69, 9.17) is 21.3 Å². The number of ether oxygens (including phenoxy) is 1. The van der Waals surface area contributed by atoms with Crippen LogP contribution in [0.3, 0.4) is 0 Å². The summed E-state index contributed by atoms with van der Waals surface area (Å²) in [4.78, 5) is 36.3. The van der Waals surface area contributed by atoms with E-state index < -0.39 is 11.5 Å². The van der Waals surface area contributed by atoms with Crippen LogP contribution in [0.1, 0.15) is 41.6 Å². The molecule has 3 aliphatic heterocycles. The van der Waals surface area contributed by atoms with Crippen molar-refractivity contribution >= 4 is 40.7 Å². The lowest BCUT2D eigenvalue weighted by Crippen LogP contribution is -2.39. The highest BCUT2D eigenvalue weighted by Crippen LogP contribution is 2.42. The Morgan fingerprint density at radius 3 is 2.55 bits per heavy atom. The van der Waals surface area contributed by atoms with Gasteiger partial charge in [-0.05, 0) is 61.2 Å². The Morgan fingerprint density at radius 1 is 1.11 bits per heavy atom. The summed E-state index contributed by atoms with van der Waals surface area (Å²) in [5.41, 5.74) is 11.1. The molecular weight excluding hydrogens is 596 g/mol. The van der Waals surface area contributed by atoms with Gasteiger partial charge in [0, 0.05) is 69.8 Å². The quantitative estimate of drug-likeness (QED) is 0.216. The van der Waals surface area contributed by atoms with Crippen LogP contribution in [0.15, 0.2) is 67.1 Å². The van der Waals surface area contributed by atoms with E-state index in [1.165, 1.54) is 12.6 Å². The van der Waals surface area contributed by atoms with Crippen molar-refractivity contribution < 1.29 is 14.3 Å². The Hall–Kier alpha value is -5.30. The van der Waals surface area contributed by atoms with Crippen LogP contribution in [-0.4, -0.2) is 94.5 Å². The lowest BCUT2D eigenvalue weighted by atomic mass is 9.85. The van der Waals surface area contributed by atoms with Gasteiger partial charge in [0.25, 0.3) is 0 Å². The van der Waals surface area contributed by atoms with Crippen molar-refractivity contribution in [3.8, 4) is 0 Å². The predicted octanol–water partition coefficient (Wildman–Crippen LogP) is 3.23. The van der Waals surface area contributed by atoms with Crippen molar-refractivity contribution in [2.45, 2.75) is 19.3 Å². The van der Waals surface area contributed by atoms with E-state index in [-0.39, 0.29) is 17.5 Å². The maximum absolute atomic E-state index is 13.9. The van der Waals surface area contributed by atoms with Gasteiger partial charge in [-0.25, -0.2) is 9.78 Å². The van der Waals surface area contributed by atoms with Crippen molar-refractivity contribution in [1.29, 1.82) is 10.8 Å². The third-order valence-electron chi connectivity index (χ3n) is 9.34. The molecule has 13 heteroatoms. The van der Waals surface area contributed by atoms with Crippen LogP contribution < -0.4 is 16.0 Å². The zero-order chi connectivity index (χ0) is 33.3. The number of pyridine rings is 1. The molecule has 0 saturated carbocycles. The third kappa shape index (κ3) is 6.39.